The molecule has 32 heavy (non-hydrogen) atoms. The molecule has 6 nitrogen and oxygen atoms in total. The Labute approximate surface area is 182 Å². The number of nitrogens with one attached hydrogen (secondary N) is 1. The van der Waals surface area contributed by atoms with E-state index in [1.54, 1.807) is 54.3 Å². The minimum atomic E-state index is -4.41. The van der Waals surface area contributed by atoms with Crippen LogP contribution in [0.4, 0.5) is 19.0 Å². The number of carbonyl (C=O) groups excluding carboxylic acids is 1. The van der Waals surface area contributed by atoms with E-state index >= 15 is 0 Å². The lowest BCUT2D eigenvalue weighted by Gasteiger charge is -2.16. The SMILES string of the molecule is Cc1ccc(C(=O)Nc2ccnn2C)cc1-c1ccc2c([C@@H](C)C(F)(F)F)nncc2c1. The van der Waals surface area contributed by atoms with Crippen molar-refractivity contribution < 1.29 is 18.0 Å². The monoisotopic (exact) mass is 439 g/mol. The predicted octanol–water partition coefficient (Wildman–Crippen LogP) is 5.26. The van der Waals surface area contributed by atoms with Crippen LogP contribution in [0, 0.1) is 6.92 Å². The molecule has 0 radical (unpaired) electrons. The third-order valence-electron chi connectivity index (χ3n) is 5.46. The van der Waals surface area contributed by atoms with Crippen molar-refractivity contribution in [3.05, 3.63) is 71.7 Å². The lowest BCUT2D eigenvalue weighted by Crippen LogP contribution is -2.19. The number of amides is 1. The van der Waals surface area contributed by atoms with E-state index in [4.69, 9.17) is 0 Å². The maximum absolute atomic E-state index is 13.2. The second kappa shape index (κ2) is 8.07. The number of benzene rings is 2. The molecular formula is C23H20F3N5O. The van der Waals surface area contributed by atoms with Gasteiger partial charge in [-0.3, -0.25) is 9.48 Å². The number of fused-ring (bicyclic) bond motifs is 1. The molecule has 164 valence electrons. The Morgan fingerprint density at radius 3 is 2.59 bits per heavy atom. The molecule has 0 aliphatic carbocycles. The van der Waals surface area contributed by atoms with Crippen LogP contribution in [-0.4, -0.2) is 32.1 Å². The summed E-state index contributed by atoms with van der Waals surface area (Å²) in [5.74, 6) is -1.46. The zero-order valence-corrected chi connectivity index (χ0v) is 17.6. The Bertz CT molecular complexity index is 1310. The molecule has 2 aromatic heterocycles. The highest BCUT2D eigenvalue weighted by Crippen LogP contribution is 2.37. The van der Waals surface area contributed by atoms with Crippen molar-refractivity contribution in [3.63, 3.8) is 0 Å². The first-order chi connectivity index (χ1) is 15.1. The Morgan fingerprint density at radius 1 is 1.12 bits per heavy atom. The first-order valence-electron chi connectivity index (χ1n) is 9.87. The standard InChI is InChI=1S/C23H20F3N5O/c1-13-4-5-16(22(32)29-20-8-9-28-31(20)3)11-19(13)15-6-7-18-17(10-15)12-27-30-21(18)14(2)23(24,25)26/h4-12,14H,1-3H3,(H,29,32)/t14-/m1/s1. The molecule has 1 atom stereocenters. The van der Waals surface area contributed by atoms with Gasteiger partial charge in [-0.2, -0.15) is 28.5 Å². The van der Waals surface area contributed by atoms with Gasteiger partial charge < -0.3 is 5.32 Å². The predicted molar refractivity (Wildman–Crippen MR) is 115 cm³/mol. The average molecular weight is 439 g/mol. The molecule has 2 aromatic carbocycles. The van der Waals surface area contributed by atoms with Crippen molar-refractivity contribution in [1.29, 1.82) is 0 Å². The molecule has 0 aliphatic heterocycles. The van der Waals surface area contributed by atoms with E-state index in [1.807, 2.05) is 13.0 Å². The Hall–Kier alpha value is -3.75. The fraction of sp³-hybridized carbons (Fsp3) is 0.217. The van der Waals surface area contributed by atoms with Crippen molar-refractivity contribution in [2.45, 2.75) is 25.9 Å². The van der Waals surface area contributed by atoms with E-state index in [0.717, 1.165) is 23.6 Å². The highest BCUT2D eigenvalue weighted by Gasteiger charge is 2.39. The molecule has 0 spiro atoms. The number of alkyl halides is 3. The molecular weight excluding hydrogens is 419 g/mol. The summed E-state index contributed by atoms with van der Waals surface area (Å²) in [6.07, 6.45) is -1.38. The number of hydrogen-bond donors (Lipinski definition) is 1. The van der Waals surface area contributed by atoms with Gasteiger partial charge in [0.15, 0.2) is 0 Å². The molecule has 0 aliphatic rings. The van der Waals surface area contributed by atoms with Gasteiger partial charge in [-0.15, -0.1) is 0 Å². The lowest BCUT2D eigenvalue weighted by molar-refractivity contribution is -0.146. The minimum absolute atomic E-state index is 0.109. The van der Waals surface area contributed by atoms with Gasteiger partial charge in [0.05, 0.1) is 24.0 Å². The Balaban J connectivity index is 1.72. The third-order valence-corrected chi connectivity index (χ3v) is 5.46. The van der Waals surface area contributed by atoms with Gasteiger partial charge in [0, 0.05) is 29.4 Å². The number of carbonyl (C=O) groups is 1. The van der Waals surface area contributed by atoms with Gasteiger partial charge in [0.25, 0.3) is 5.91 Å². The van der Waals surface area contributed by atoms with E-state index < -0.39 is 12.1 Å². The second-order valence-electron chi connectivity index (χ2n) is 7.62. The van der Waals surface area contributed by atoms with Gasteiger partial charge >= 0.3 is 6.18 Å². The Kier molecular flexibility index (Phi) is 5.41. The van der Waals surface area contributed by atoms with Crippen LogP contribution in [0.2, 0.25) is 0 Å². The van der Waals surface area contributed by atoms with Gasteiger partial charge in [-0.25, -0.2) is 0 Å². The lowest BCUT2D eigenvalue weighted by atomic mass is 9.94. The zero-order chi connectivity index (χ0) is 23.0. The minimum Gasteiger partial charge on any atom is -0.307 e. The molecule has 0 saturated carbocycles. The number of rotatable bonds is 4. The van der Waals surface area contributed by atoms with Crippen molar-refractivity contribution >= 4 is 22.5 Å². The van der Waals surface area contributed by atoms with E-state index in [9.17, 15) is 18.0 Å². The van der Waals surface area contributed by atoms with Crippen LogP contribution in [0.1, 0.15) is 34.5 Å². The van der Waals surface area contributed by atoms with Crippen LogP contribution >= 0.6 is 0 Å². The summed E-state index contributed by atoms with van der Waals surface area (Å²) in [4.78, 5) is 12.7. The molecule has 4 aromatic rings. The zero-order valence-electron chi connectivity index (χ0n) is 17.6. The fourth-order valence-corrected chi connectivity index (χ4v) is 3.51. The van der Waals surface area contributed by atoms with E-state index in [-0.39, 0.29) is 11.6 Å². The summed E-state index contributed by atoms with van der Waals surface area (Å²) in [7, 11) is 1.72. The molecule has 4 rings (SSSR count). The first kappa shape index (κ1) is 21.5. The number of hydrogen-bond acceptors (Lipinski definition) is 4. The number of aromatic nitrogens is 4. The highest BCUT2D eigenvalue weighted by molar-refractivity contribution is 6.04. The molecule has 0 unspecified atom stereocenters. The van der Waals surface area contributed by atoms with Crippen LogP contribution in [0.25, 0.3) is 21.9 Å². The summed E-state index contributed by atoms with van der Waals surface area (Å²) in [5, 5.41) is 15.3. The first-order valence-corrected chi connectivity index (χ1v) is 9.87. The molecule has 0 fully saturated rings. The Morgan fingerprint density at radius 2 is 1.91 bits per heavy atom. The van der Waals surface area contributed by atoms with Gasteiger partial charge in [-0.05, 0) is 48.7 Å². The van der Waals surface area contributed by atoms with Crippen LogP contribution in [-0.2, 0) is 7.05 Å². The second-order valence-corrected chi connectivity index (χ2v) is 7.62. The summed E-state index contributed by atoms with van der Waals surface area (Å²) in [5.41, 5.74) is 2.83. The largest absolute Gasteiger partial charge is 0.397 e. The van der Waals surface area contributed by atoms with Crippen molar-refractivity contribution in [2.75, 3.05) is 5.32 Å². The quantitative estimate of drug-likeness (QED) is 0.471. The molecule has 0 bridgehead atoms. The molecule has 2 heterocycles. The third kappa shape index (κ3) is 4.05. The van der Waals surface area contributed by atoms with Crippen LogP contribution in [0.15, 0.2) is 54.9 Å². The van der Waals surface area contributed by atoms with Gasteiger partial charge in [0.1, 0.15) is 5.82 Å². The molecule has 1 amide bonds. The maximum Gasteiger partial charge on any atom is 0.397 e. The molecule has 9 heteroatoms. The normalized spacial score (nSPS) is 12.7. The number of anilines is 1. The van der Waals surface area contributed by atoms with Crippen LogP contribution in [0.3, 0.4) is 0 Å². The number of nitrogens with zero attached hydrogens (tertiary/aromatic N) is 4. The topological polar surface area (TPSA) is 72.7 Å². The van der Waals surface area contributed by atoms with Crippen LogP contribution in [0.5, 0.6) is 0 Å². The summed E-state index contributed by atoms with van der Waals surface area (Å²) >= 11 is 0. The molecule has 0 saturated heterocycles. The van der Waals surface area contributed by atoms with E-state index in [0.29, 0.717) is 22.2 Å². The molecule has 1 N–H and O–H groups in total. The number of aryl methyl sites for hydroxylation is 2. The smallest absolute Gasteiger partial charge is 0.307 e. The van der Waals surface area contributed by atoms with Gasteiger partial charge in [0.2, 0.25) is 0 Å². The number of halogens is 3. The van der Waals surface area contributed by atoms with Gasteiger partial charge in [-0.1, -0.05) is 18.2 Å². The highest BCUT2D eigenvalue weighted by atomic mass is 19.4. The van der Waals surface area contributed by atoms with Crippen molar-refractivity contribution in [1.82, 2.24) is 20.0 Å². The average Bonchev–Trinajstić information content (AvgIpc) is 3.16. The fourth-order valence-electron chi connectivity index (χ4n) is 3.51. The summed E-state index contributed by atoms with van der Waals surface area (Å²) < 4.78 is 41.2. The van der Waals surface area contributed by atoms with E-state index in [1.165, 1.54) is 6.20 Å². The summed E-state index contributed by atoms with van der Waals surface area (Å²) in [6.45, 7) is 2.98. The summed E-state index contributed by atoms with van der Waals surface area (Å²) in [6, 6.07) is 12.1. The maximum atomic E-state index is 13.2. The van der Waals surface area contributed by atoms with Crippen molar-refractivity contribution in [3.8, 4) is 11.1 Å². The van der Waals surface area contributed by atoms with E-state index in [2.05, 4.69) is 20.6 Å². The van der Waals surface area contributed by atoms with Crippen molar-refractivity contribution in [2.24, 2.45) is 7.05 Å². The van der Waals surface area contributed by atoms with Crippen LogP contribution < -0.4 is 5.32 Å².